The summed E-state index contributed by atoms with van der Waals surface area (Å²) in [7, 11) is 0. The van der Waals surface area contributed by atoms with Gasteiger partial charge in [0.05, 0.1) is 12.2 Å². The highest BCUT2D eigenvalue weighted by molar-refractivity contribution is 5.33. The van der Waals surface area contributed by atoms with E-state index >= 15 is 0 Å². The maximum atomic E-state index is 8.51. The molecular formula is C12H15NO. The van der Waals surface area contributed by atoms with Gasteiger partial charge in [-0.05, 0) is 31.9 Å². The quantitative estimate of drug-likeness (QED) is 0.729. The van der Waals surface area contributed by atoms with Gasteiger partial charge >= 0.3 is 0 Å². The number of benzene rings is 1. The lowest BCUT2D eigenvalue weighted by atomic mass is 10.1. The van der Waals surface area contributed by atoms with Crippen molar-refractivity contribution in [3.8, 4) is 11.8 Å². The molecule has 0 N–H and O–H groups in total. The van der Waals surface area contributed by atoms with Gasteiger partial charge < -0.3 is 4.74 Å². The van der Waals surface area contributed by atoms with Gasteiger partial charge in [-0.25, -0.2) is 0 Å². The minimum atomic E-state index is 0.179. The Labute approximate surface area is 85.1 Å². The third kappa shape index (κ3) is 3.10. The first kappa shape index (κ1) is 10.6. The molecule has 0 spiro atoms. The molecule has 0 atom stereocenters. The molecule has 0 amide bonds. The topological polar surface area (TPSA) is 33.0 Å². The molecule has 0 aromatic heterocycles. The fraction of sp³-hybridized carbons (Fsp3) is 0.417. The van der Waals surface area contributed by atoms with Crippen LogP contribution < -0.4 is 4.74 Å². The van der Waals surface area contributed by atoms with Gasteiger partial charge in [0.15, 0.2) is 0 Å². The summed E-state index contributed by atoms with van der Waals surface area (Å²) in [5, 5.41) is 8.51. The summed E-state index contributed by atoms with van der Waals surface area (Å²) in [6, 6.07) is 10.0. The molecule has 0 aliphatic rings. The first-order chi connectivity index (χ1) is 6.74. The summed E-state index contributed by atoms with van der Waals surface area (Å²) in [5.74, 6) is 0.901. The Morgan fingerprint density at radius 3 is 2.71 bits per heavy atom. The number of aryl methyl sites for hydroxylation is 1. The van der Waals surface area contributed by atoms with Crippen LogP contribution in [0.25, 0.3) is 0 Å². The van der Waals surface area contributed by atoms with E-state index in [1.807, 2.05) is 38.1 Å². The van der Waals surface area contributed by atoms with Crippen LogP contribution >= 0.6 is 0 Å². The number of para-hydroxylation sites is 1. The van der Waals surface area contributed by atoms with E-state index in [0.29, 0.717) is 6.42 Å². The van der Waals surface area contributed by atoms with Gasteiger partial charge in [-0.1, -0.05) is 18.2 Å². The highest BCUT2D eigenvalue weighted by atomic mass is 16.5. The summed E-state index contributed by atoms with van der Waals surface area (Å²) in [6.07, 6.45) is 1.48. The van der Waals surface area contributed by atoms with Crippen molar-refractivity contribution in [2.75, 3.05) is 0 Å². The second kappa shape index (κ2) is 5.29. The molecule has 1 aromatic carbocycles. The molecule has 0 bridgehead atoms. The van der Waals surface area contributed by atoms with Crippen molar-refractivity contribution in [1.82, 2.24) is 0 Å². The third-order valence-electron chi connectivity index (χ3n) is 1.84. The van der Waals surface area contributed by atoms with E-state index in [2.05, 4.69) is 6.07 Å². The SMILES string of the molecule is CC(C)Oc1ccccc1CCC#N. The Morgan fingerprint density at radius 1 is 1.36 bits per heavy atom. The van der Waals surface area contributed by atoms with Gasteiger partial charge in [-0.3, -0.25) is 0 Å². The first-order valence-corrected chi connectivity index (χ1v) is 4.85. The van der Waals surface area contributed by atoms with Crippen LogP contribution in [-0.2, 0) is 6.42 Å². The Kier molecular flexibility index (Phi) is 4.00. The molecule has 2 heteroatoms. The summed E-state index contributed by atoms with van der Waals surface area (Å²) in [4.78, 5) is 0. The van der Waals surface area contributed by atoms with E-state index in [0.717, 1.165) is 17.7 Å². The molecule has 1 rings (SSSR count). The predicted molar refractivity (Wildman–Crippen MR) is 56.1 cm³/mol. The number of hydrogen-bond donors (Lipinski definition) is 0. The fourth-order valence-corrected chi connectivity index (χ4v) is 1.27. The van der Waals surface area contributed by atoms with E-state index in [1.165, 1.54) is 0 Å². The fourth-order valence-electron chi connectivity index (χ4n) is 1.27. The first-order valence-electron chi connectivity index (χ1n) is 4.85. The number of rotatable bonds is 4. The summed E-state index contributed by atoms with van der Waals surface area (Å²) in [6.45, 7) is 4.00. The molecule has 0 aliphatic heterocycles. The van der Waals surface area contributed by atoms with Crippen LogP contribution in [0.3, 0.4) is 0 Å². The maximum absolute atomic E-state index is 8.51. The highest BCUT2D eigenvalue weighted by Gasteiger charge is 2.03. The zero-order valence-corrected chi connectivity index (χ0v) is 8.66. The second-order valence-corrected chi connectivity index (χ2v) is 3.43. The average molecular weight is 189 g/mol. The van der Waals surface area contributed by atoms with Crippen LogP contribution in [0.15, 0.2) is 24.3 Å². The minimum absolute atomic E-state index is 0.179. The van der Waals surface area contributed by atoms with Crippen molar-refractivity contribution in [3.05, 3.63) is 29.8 Å². The zero-order chi connectivity index (χ0) is 10.4. The van der Waals surface area contributed by atoms with Crippen LogP contribution in [0, 0.1) is 11.3 Å². The van der Waals surface area contributed by atoms with Gasteiger partial charge in [-0.2, -0.15) is 5.26 Å². The van der Waals surface area contributed by atoms with Crippen molar-refractivity contribution in [1.29, 1.82) is 5.26 Å². The molecule has 0 unspecified atom stereocenters. The Balaban J connectivity index is 2.76. The van der Waals surface area contributed by atoms with Gasteiger partial charge in [0, 0.05) is 6.42 Å². The maximum Gasteiger partial charge on any atom is 0.122 e. The van der Waals surface area contributed by atoms with Crippen LogP contribution in [0.4, 0.5) is 0 Å². The standard InChI is InChI=1S/C12H15NO/c1-10(2)14-12-8-4-3-6-11(12)7-5-9-13/h3-4,6,8,10H,5,7H2,1-2H3. The van der Waals surface area contributed by atoms with Crippen molar-refractivity contribution >= 4 is 0 Å². The summed E-state index contributed by atoms with van der Waals surface area (Å²) >= 11 is 0. The van der Waals surface area contributed by atoms with Gasteiger partial charge in [0.25, 0.3) is 0 Å². The lowest BCUT2D eigenvalue weighted by molar-refractivity contribution is 0.240. The van der Waals surface area contributed by atoms with Gasteiger partial charge in [-0.15, -0.1) is 0 Å². The molecule has 1 aromatic rings. The zero-order valence-electron chi connectivity index (χ0n) is 8.66. The Hall–Kier alpha value is -1.49. The molecule has 2 nitrogen and oxygen atoms in total. The predicted octanol–water partition coefficient (Wildman–Crippen LogP) is 2.93. The van der Waals surface area contributed by atoms with E-state index < -0.39 is 0 Å². The molecule has 0 saturated carbocycles. The van der Waals surface area contributed by atoms with Crippen molar-refractivity contribution in [2.24, 2.45) is 0 Å². The number of ether oxygens (including phenoxy) is 1. The van der Waals surface area contributed by atoms with Crippen LogP contribution in [-0.4, -0.2) is 6.10 Å². The largest absolute Gasteiger partial charge is 0.491 e. The molecule has 74 valence electrons. The van der Waals surface area contributed by atoms with Crippen LogP contribution in [0.1, 0.15) is 25.8 Å². The normalized spacial score (nSPS) is 9.86. The summed E-state index contributed by atoms with van der Waals surface area (Å²) < 4.78 is 5.63. The monoisotopic (exact) mass is 189 g/mol. The minimum Gasteiger partial charge on any atom is -0.491 e. The van der Waals surface area contributed by atoms with Gasteiger partial charge in [0.2, 0.25) is 0 Å². The highest BCUT2D eigenvalue weighted by Crippen LogP contribution is 2.20. The molecule has 0 radical (unpaired) electrons. The number of hydrogen-bond acceptors (Lipinski definition) is 2. The average Bonchev–Trinajstić information content (AvgIpc) is 2.16. The Morgan fingerprint density at radius 2 is 2.07 bits per heavy atom. The lowest BCUT2D eigenvalue weighted by Crippen LogP contribution is -2.07. The molecular weight excluding hydrogens is 174 g/mol. The van der Waals surface area contributed by atoms with E-state index in [1.54, 1.807) is 0 Å². The van der Waals surface area contributed by atoms with Crippen LogP contribution in [0.5, 0.6) is 5.75 Å². The Bertz CT molecular complexity index is 325. The van der Waals surface area contributed by atoms with Crippen LogP contribution in [0.2, 0.25) is 0 Å². The van der Waals surface area contributed by atoms with Crippen molar-refractivity contribution in [3.63, 3.8) is 0 Å². The molecule has 0 heterocycles. The molecule has 14 heavy (non-hydrogen) atoms. The number of nitriles is 1. The van der Waals surface area contributed by atoms with E-state index in [-0.39, 0.29) is 6.10 Å². The van der Waals surface area contributed by atoms with Crippen molar-refractivity contribution < 1.29 is 4.74 Å². The second-order valence-electron chi connectivity index (χ2n) is 3.43. The lowest BCUT2D eigenvalue weighted by Gasteiger charge is -2.13. The molecule has 0 saturated heterocycles. The summed E-state index contributed by atoms with van der Waals surface area (Å²) in [5.41, 5.74) is 1.11. The van der Waals surface area contributed by atoms with E-state index in [4.69, 9.17) is 10.00 Å². The van der Waals surface area contributed by atoms with E-state index in [9.17, 15) is 0 Å². The van der Waals surface area contributed by atoms with Gasteiger partial charge in [0.1, 0.15) is 5.75 Å². The number of nitrogens with zero attached hydrogens (tertiary/aromatic N) is 1. The third-order valence-corrected chi connectivity index (χ3v) is 1.84. The van der Waals surface area contributed by atoms with Crippen molar-refractivity contribution in [2.45, 2.75) is 32.8 Å². The molecule has 0 aliphatic carbocycles. The smallest absolute Gasteiger partial charge is 0.122 e. The molecule has 0 fully saturated rings.